The molecule has 4 heteroatoms. The Morgan fingerprint density at radius 1 is 0.400 bits per heavy atom. The van der Waals surface area contributed by atoms with Gasteiger partial charge in [0.2, 0.25) is 0 Å². The Morgan fingerprint density at radius 3 is 0.950 bits per heavy atom. The van der Waals surface area contributed by atoms with Gasteiger partial charge >= 0.3 is 0 Å². The summed E-state index contributed by atoms with van der Waals surface area (Å²) in [6.07, 6.45) is 43.1. The Morgan fingerprint density at radius 2 is 0.650 bits per heavy atom. The molecule has 0 fully saturated rings. The summed E-state index contributed by atoms with van der Waals surface area (Å²) in [6.45, 7) is 4.59. The Hall–Kier alpha value is 1.09. The van der Waals surface area contributed by atoms with E-state index in [1.165, 1.54) is 199 Å². The minimum Gasteiger partial charge on any atom is -0.120 e. The van der Waals surface area contributed by atoms with Crippen molar-refractivity contribution in [2.45, 2.75) is 228 Å². The van der Waals surface area contributed by atoms with Crippen LogP contribution in [0.25, 0.3) is 0 Å². The fraction of sp³-hybridized carbons (Fsp3) is 1.00. The first-order valence-corrected chi connectivity index (χ1v) is 21.5. The van der Waals surface area contributed by atoms with Crippen molar-refractivity contribution in [3.63, 3.8) is 0 Å². The molecule has 0 rings (SSSR count). The second-order valence-electron chi connectivity index (χ2n) is 13.0. The van der Waals surface area contributed by atoms with E-state index >= 15 is 0 Å². The van der Waals surface area contributed by atoms with Crippen LogP contribution in [0.3, 0.4) is 0 Å². The Kier molecular flexibility index (Phi) is 33.9. The highest BCUT2D eigenvalue weighted by atomic mass is 35.5. The molecular weight excluding hydrogens is 567 g/mol. The Balaban J connectivity index is 3.39. The first-order chi connectivity index (χ1) is 19.5. The molecular formula is C36H73Cl3Si. The van der Waals surface area contributed by atoms with E-state index in [1.54, 1.807) is 0 Å². The standard InChI is InChI=1S/C36H73Cl3Si/c1-3-5-7-9-11-13-15-17-19-20-22-24-26-28-30-32-34-40-36(38,39)35(37)33-31-29-27-25-23-21-18-16-14-12-10-8-6-4-2/h35H,3-34,40H2,1-2H3. The summed E-state index contributed by atoms with van der Waals surface area (Å²) in [5, 5.41) is -0.0547. The van der Waals surface area contributed by atoms with E-state index < -0.39 is 13.5 Å². The van der Waals surface area contributed by atoms with Gasteiger partial charge in [-0.1, -0.05) is 213 Å². The zero-order valence-electron chi connectivity index (χ0n) is 27.5. The van der Waals surface area contributed by atoms with Crippen molar-refractivity contribution in [2.24, 2.45) is 0 Å². The van der Waals surface area contributed by atoms with Gasteiger partial charge in [0.25, 0.3) is 0 Å². The molecule has 0 bridgehead atoms. The molecule has 0 aliphatic carbocycles. The highest BCUT2D eigenvalue weighted by molar-refractivity contribution is 6.75. The zero-order chi connectivity index (χ0) is 29.4. The monoisotopic (exact) mass is 638 g/mol. The summed E-state index contributed by atoms with van der Waals surface area (Å²) >= 11 is 20.1. The van der Waals surface area contributed by atoms with Crippen molar-refractivity contribution in [2.75, 3.05) is 0 Å². The van der Waals surface area contributed by atoms with Gasteiger partial charge in [-0.15, -0.1) is 34.8 Å². The van der Waals surface area contributed by atoms with Gasteiger partial charge in [0.15, 0.2) is 0 Å². The number of rotatable bonds is 34. The highest BCUT2D eigenvalue weighted by Gasteiger charge is 2.32. The van der Waals surface area contributed by atoms with E-state index in [-0.39, 0.29) is 5.38 Å². The quantitative estimate of drug-likeness (QED) is 0.0373. The Labute approximate surface area is 271 Å². The molecule has 0 N–H and O–H groups in total. The summed E-state index contributed by atoms with van der Waals surface area (Å²) < 4.78 is -0.617. The smallest absolute Gasteiger partial charge is 0.116 e. The third-order valence-electron chi connectivity index (χ3n) is 8.88. The minimum absolute atomic E-state index is 0.0547. The van der Waals surface area contributed by atoms with Gasteiger partial charge < -0.3 is 0 Å². The van der Waals surface area contributed by atoms with Gasteiger partial charge in [-0.05, 0) is 6.42 Å². The van der Waals surface area contributed by atoms with E-state index in [0.717, 1.165) is 6.42 Å². The predicted octanol–water partition coefficient (Wildman–Crippen LogP) is 14.4. The molecule has 40 heavy (non-hydrogen) atoms. The molecule has 242 valence electrons. The van der Waals surface area contributed by atoms with Crippen LogP contribution in [0.5, 0.6) is 0 Å². The van der Waals surface area contributed by atoms with Crippen molar-refractivity contribution >= 4 is 44.3 Å². The summed E-state index contributed by atoms with van der Waals surface area (Å²) in [7, 11) is -0.539. The first-order valence-electron chi connectivity index (χ1n) is 18.6. The molecule has 0 spiro atoms. The molecule has 0 aliphatic rings. The van der Waals surface area contributed by atoms with Gasteiger partial charge in [-0.3, -0.25) is 0 Å². The maximum Gasteiger partial charge on any atom is 0.116 e. The molecule has 0 aromatic heterocycles. The second-order valence-corrected chi connectivity index (χ2v) is 18.3. The van der Waals surface area contributed by atoms with E-state index in [2.05, 4.69) is 13.8 Å². The molecule has 0 aromatic rings. The molecule has 0 aliphatic heterocycles. The lowest BCUT2D eigenvalue weighted by Gasteiger charge is -2.25. The Bertz CT molecular complexity index is 471. The summed E-state index contributed by atoms with van der Waals surface area (Å²) in [4.78, 5) is 0. The second kappa shape index (κ2) is 33.0. The van der Waals surface area contributed by atoms with Crippen LogP contribution in [0.4, 0.5) is 0 Å². The van der Waals surface area contributed by atoms with E-state index in [9.17, 15) is 0 Å². The molecule has 0 nitrogen and oxygen atoms in total. The van der Waals surface area contributed by atoms with Gasteiger partial charge in [0.05, 0.1) is 14.9 Å². The number of halogens is 3. The average molecular weight is 640 g/mol. The van der Waals surface area contributed by atoms with Crippen molar-refractivity contribution in [3.8, 4) is 0 Å². The summed E-state index contributed by atoms with van der Waals surface area (Å²) in [5.74, 6) is 0. The highest BCUT2D eigenvalue weighted by Crippen LogP contribution is 2.33. The number of alkyl halides is 3. The maximum atomic E-state index is 6.71. The van der Waals surface area contributed by atoms with Crippen LogP contribution in [-0.4, -0.2) is 18.9 Å². The molecule has 0 saturated carbocycles. The lowest BCUT2D eigenvalue weighted by Crippen LogP contribution is -2.33. The van der Waals surface area contributed by atoms with Crippen molar-refractivity contribution in [1.82, 2.24) is 0 Å². The topological polar surface area (TPSA) is 0 Å². The molecule has 0 amide bonds. The van der Waals surface area contributed by atoms with Gasteiger partial charge in [0, 0.05) is 0 Å². The number of hydrogen-bond donors (Lipinski definition) is 0. The summed E-state index contributed by atoms with van der Waals surface area (Å²) in [5.41, 5.74) is 0. The van der Waals surface area contributed by atoms with Gasteiger partial charge in [0.1, 0.15) is 3.96 Å². The van der Waals surface area contributed by atoms with Crippen LogP contribution in [-0.2, 0) is 0 Å². The maximum absolute atomic E-state index is 6.71. The molecule has 1 atom stereocenters. The van der Waals surface area contributed by atoms with Crippen LogP contribution >= 0.6 is 34.8 Å². The van der Waals surface area contributed by atoms with Crippen molar-refractivity contribution in [3.05, 3.63) is 0 Å². The lowest BCUT2D eigenvalue weighted by molar-refractivity contribution is 0.530. The minimum atomic E-state index is -0.617. The lowest BCUT2D eigenvalue weighted by atomic mass is 10.0. The molecule has 0 aromatic carbocycles. The van der Waals surface area contributed by atoms with Crippen molar-refractivity contribution < 1.29 is 0 Å². The summed E-state index contributed by atoms with van der Waals surface area (Å²) in [6, 6.07) is 1.24. The van der Waals surface area contributed by atoms with E-state index in [0.29, 0.717) is 0 Å². The predicted molar refractivity (Wildman–Crippen MR) is 192 cm³/mol. The van der Waals surface area contributed by atoms with Gasteiger partial charge in [-0.2, -0.15) is 0 Å². The number of unbranched alkanes of at least 4 members (excludes halogenated alkanes) is 28. The van der Waals surface area contributed by atoms with Crippen LogP contribution in [0.1, 0.15) is 213 Å². The molecule has 0 heterocycles. The largest absolute Gasteiger partial charge is 0.120 e. The molecule has 0 radical (unpaired) electrons. The SMILES string of the molecule is CCCCCCCCCCCCCCCCCC[SiH2]C(Cl)(Cl)C(Cl)CCCCCCCCCCCCCCCC. The fourth-order valence-electron chi connectivity index (χ4n) is 5.97. The third kappa shape index (κ3) is 30.5. The van der Waals surface area contributed by atoms with Crippen LogP contribution in [0.15, 0.2) is 0 Å². The molecule has 1 unspecified atom stereocenters. The third-order valence-corrected chi connectivity index (χ3v) is 13.6. The molecule has 0 saturated heterocycles. The van der Waals surface area contributed by atoms with Gasteiger partial charge in [-0.25, -0.2) is 0 Å². The number of hydrogen-bond acceptors (Lipinski definition) is 0. The van der Waals surface area contributed by atoms with Crippen LogP contribution in [0.2, 0.25) is 6.04 Å². The normalized spacial score (nSPS) is 13.1. The average Bonchev–Trinajstić information content (AvgIpc) is 2.94. The van der Waals surface area contributed by atoms with E-state index in [4.69, 9.17) is 34.8 Å². The first kappa shape index (κ1) is 41.1. The van der Waals surface area contributed by atoms with Crippen LogP contribution in [0, 0.1) is 0 Å². The van der Waals surface area contributed by atoms with Crippen molar-refractivity contribution in [1.29, 1.82) is 0 Å². The van der Waals surface area contributed by atoms with E-state index in [1.807, 2.05) is 0 Å². The zero-order valence-corrected chi connectivity index (χ0v) is 31.2. The fourth-order valence-corrected chi connectivity index (χ4v) is 9.07. The van der Waals surface area contributed by atoms with Crippen LogP contribution < -0.4 is 0 Å².